The van der Waals surface area contributed by atoms with Crippen LogP contribution in [-0.4, -0.2) is 29.9 Å². The summed E-state index contributed by atoms with van der Waals surface area (Å²) in [6.45, 7) is 0.972. The van der Waals surface area contributed by atoms with Gasteiger partial charge in [0, 0.05) is 24.9 Å². The second-order valence-electron chi connectivity index (χ2n) is 7.03. The molecule has 0 spiro atoms. The van der Waals surface area contributed by atoms with Gasteiger partial charge >= 0.3 is 0 Å². The number of rotatable bonds is 6. The van der Waals surface area contributed by atoms with Crippen molar-refractivity contribution in [2.24, 2.45) is 11.8 Å². The Labute approximate surface area is 156 Å². The normalized spacial score (nSPS) is 22.3. The first-order valence-corrected chi connectivity index (χ1v) is 10.1. The number of hydrogen-bond donors (Lipinski definition) is 2. The van der Waals surface area contributed by atoms with E-state index in [2.05, 4.69) is 28.9 Å². The molecule has 136 valence electrons. The standard InChI is InChI=1S/C20H23N3O2S/c24-18(13-9-10-13)21-11-12-22-19(25)14-5-1-2-6-15(14)20-23-16-7-3-4-8-17(16)26-20/h1-4,7-8,13-15H,5-6,9-12H2,(H,21,24)(H,22,25)/t14-,15-/m1/s1. The molecule has 26 heavy (non-hydrogen) atoms. The van der Waals surface area contributed by atoms with Crippen molar-refractivity contribution in [2.45, 2.75) is 31.6 Å². The number of carbonyl (C=O) groups is 2. The van der Waals surface area contributed by atoms with Crippen molar-refractivity contribution < 1.29 is 9.59 Å². The molecule has 0 radical (unpaired) electrons. The van der Waals surface area contributed by atoms with Crippen LogP contribution in [0.15, 0.2) is 36.4 Å². The minimum absolute atomic E-state index is 0.0549. The number of hydrogen-bond acceptors (Lipinski definition) is 4. The van der Waals surface area contributed by atoms with Gasteiger partial charge in [0.05, 0.1) is 21.1 Å². The number of fused-ring (bicyclic) bond motifs is 1. The number of thiazole rings is 1. The number of nitrogens with one attached hydrogen (secondary N) is 2. The lowest BCUT2D eigenvalue weighted by molar-refractivity contribution is -0.126. The van der Waals surface area contributed by atoms with Crippen molar-refractivity contribution >= 4 is 33.4 Å². The molecule has 1 fully saturated rings. The molecule has 2 atom stereocenters. The van der Waals surface area contributed by atoms with Crippen molar-refractivity contribution in [1.82, 2.24) is 15.6 Å². The molecular weight excluding hydrogens is 346 g/mol. The molecule has 1 heterocycles. The molecule has 0 saturated heterocycles. The van der Waals surface area contributed by atoms with E-state index in [1.165, 1.54) is 4.70 Å². The summed E-state index contributed by atoms with van der Waals surface area (Å²) < 4.78 is 1.17. The van der Waals surface area contributed by atoms with E-state index in [9.17, 15) is 9.59 Å². The van der Waals surface area contributed by atoms with Gasteiger partial charge in [0.15, 0.2) is 0 Å². The van der Waals surface area contributed by atoms with Gasteiger partial charge in [0.25, 0.3) is 0 Å². The second kappa shape index (κ2) is 7.58. The van der Waals surface area contributed by atoms with Gasteiger partial charge in [-0.2, -0.15) is 0 Å². The van der Waals surface area contributed by atoms with Crippen LogP contribution in [0.25, 0.3) is 10.2 Å². The van der Waals surface area contributed by atoms with Crippen LogP contribution in [0.1, 0.15) is 36.6 Å². The molecule has 2 aliphatic carbocycles. The number of amides is 2. The van der Waals surface area contributed by atoms with Crippen molar-refractivity contribution in [3.05, 3.63) is 41.4 Å². The first-order valence-electron chi connectivity index (χ1n) is 9.28. The zero-order chi connectivity index (χ0) is 17.9. The third-order valence-corrected chi connectivity index (χ3v) is 6.24. The van der Waals surface area contributed by atoms with E-state index in [0.717, 1.165) is 36.2 Å². The van der Waals surface area contributed by atoms with Gasteiger partial charge in [0.1, 0.15) is 0 Å². The second-order valence-corrected chi connectivity index (χ2v) is 8.09. The highest BCUT2D eigenvalue weighted by Crippen LogP contribution is 2.38. The number of carbonyl (C=O) groups excluding carboxylic acids is 2. The Bertz CT molecular complexity index is 807. The predicted molar refractivity (Wildman–Crippen MR) is 103 cm³/mol. The van der Waals surface area contributed by atoms with Gasteiger partial charge in [-0.3, -0.25) is 9.59 Å². The molecule has 0 aliphatic heterocycles. The zero-order valence-corrected chi connectivity index (χ0v) is 15.4. The van der Waals surface area contributed by atoms with E-state index in [1.54, 1.807) is 11.3 Å². The maximum Gasteiger partial charge on any atom is 0.224 e. The number of benzene rings is 1. The fraction of sp³-hybridized carbons (Fsp3) is 0.450. The minimum Gasteiger partial charge on any atom is -0.354 e. The topological polar surface area (TPSA) is 71.1 Å². The van der Waals surface area contributed by atoms with Crippen LogP contribution in [0.5, 0.6) is 0 Å². The molecule has 1 saturated carbocycles. The number of nitrogens with zero attached hydrogens (tertiary/aromatic N) is 1. The molecule has 2 amide bonds. The molecule has 1 aromatic heterocycles. The fourth-order valence-corrected chi connectivity index (χ4v) is 4.56. The number of para-hydroxylation sites is 1. The van der Waals surface area contributed by atoms with Crippen molar-refractivity contribution in [1.29, 1.82) is 0 Å². The van der Waals surface area contributed by atoms with E-state index in [4.69, 9.17) is 4.98 Å². The Balaban J connectivity index is 1.37. The van der Waals surface area contributed by atoms with Crippen LogP contribution in [0, 0.1) is 11.8 Å². The summed E-state index contributed by atoms with van der Waals surface area (Å²) in [4.78, 5) is 29.1. The zero-order valence-electron chi connectivity index (χ0n) is 14.6. The molecule has 0 unspecified atom stereocenters. The number of aromatic nitrogens is 1. The molecule has 2 aromatic rings. The monoisotopic (exact) mass is 369 g/mol. The highest BCUT2D eigenvalue weighted by molar-refractivity contribution is 7.18. The lowest BCUT2D eigenvalue weighted by atomic mass is 9.82. The summed E-state index contributed by atoms with van der Waals surface area (Å²) in [6.07, 6.45) is 7.81. The van der Waals surface area contributed by atoms with Crippen LogP contribution in [0.3, 0.4) is 0 Å². The van der Waals surface area contributed by atoms with Gasteiger partial charge in [-0.05, 0) is 37.8 Å². The molecule has 0 bridgehead atoms. The molecular formula is C20H23N3O2S. The van der Waals surface area contributed by atoms with Gasteiger partial charge in [-0.25, -0.2) is 4.98 Å². The van der Waals surface area contributed by atoms with Crippen molar-refractivity contribution in [2.75, 3.05) is 13.1 Å². The summed E-state index contributed by atoms with van der Waals surface area (Å²) in [5, 5.41) is 6.92. The Morgan fingerprint density at radius 1 is 1.04 bits per heavy atom. The Morgan fingerprint density at radius 3 is 2.54 bits per heavy atom. The van der Waals surface area contributed by atoms with Crippen molar-refractivity contribution in [3.8, 4) is 0 Å². The number of allylic oxidation sites excluding steroid dienone is 2. The van der Waals surface area contributed by atoms with E-state index >= 15 is 0 Å². The lowest BCUT2D eigenvalue weighted by Gasteiger charge is -2.26. The average molecular weight is 369 g/mol. The molecule has 5 nitrogen and oxygen atoms in total. The summed E-state index contributed by atoms with van der Waals surface area (Å²) in [6, 6.07) is 8.11. The SMILES string of the molecule is O=C(NCCNC(=O)[C@@H]1CC=CC[C@H]1c1nc2ccccc2s1)C1CC1. The third-order valence-electron chi connectivity index (χ3n) is 5.07. The summed E-state index contributed by atoms with van der Waals surface area (Å²) in [5.41, 5.74) is 1.00. The van der Waals surface area contributed by atoms with Crippen molar-refractivity contribution in [3.63, 3.8) is 0 Å². The summed E-state index contributed by atoms with van der Waals surface area (Å²) >= 11 is 1.69. The maximum absolute atomic E-state index is 12.7. The molecule has 6 heteroatoms. The van der Waals surface area contributed by atoms with E-state index in [-0.39, 0.29) is 29.6 Å². The molecule has 1 aromatic carbocycles. The Kier molecular flexibility index (Phi) is 5.02. The fourth-order valence-electron chi connectivity index (χ4n) is 3.42. The first kappa shape index (κ1) is 17.2. The summed E-state index contributed by atoms with van der Waals surface area (Å²) in [5.74, 6) is 0.405. The van der Waals surface area contributed by atoms with Crippen LogP contribution in [0.2, 0.25) is 0 Å². The van der Waals surface area contributed by atoms with Crippen LogP contribution in [-0.2, 0) is 9.59 Å². The molecule has 2 aliphatic rings. The lowest BCUT2D eigenvalue weighted by Crippen LogP contribution is -2.39. The Hall–Kier alpha value is -2.21. The predicted octanol–water partition coefficient (Wildman–Crippen LogP) is 2.99. The first-order chi connectivity index (χ1) is 12.7. The van der Waals surface area contributed by atoms with E-state index < -0.39 is 0 Å². The van der Waals surface area contributed by atoms with Crippen LogP contribution < -0.4 is 10.6 Å². The van der Waals surface area contributed by atoms with Crippen LogP contribution in [0.4, 0.5) is 0 Å². The highest BCUT2D eigenvalue weighted by atomic mass is 32.1. The third kappa shape index (κ3) is 3.80. The largest absolute Gasteiger partial charge is 0.354 e. The van der Waals surface area contributed by atoms with Gasteiger partial charge in [-0.1, -0.05) is 24.3 Å². The highest BCUT2D eigenvalue weighted by Gasteiger charge is 2.32. The molecule has 2 N–H and O–H groups in total. The van der Waals surface area contributed by atoms with E-state index in [0.29, 0.717) is 13.1 Å². The van der Waals surface area contributed by atoms with Gasteiger partial charge in [0.2, 0.25) is 11.8 Å². The van der Waals surface area contributed by atoms with Gasteiger partial charge in [-0.15, -0.1) is 11.3 Å². The smallest absolute Gasteiger partial charge is 0.224 e. The van der Waals surface area contributed by atoms with Gasteiger partial charge < -0.3 is 10.6 Å². The molecule has 4 rings (SSSR count). The summed E-state index contributed by atoms with van der Waals surface area (Å²) in [7, 11) is 0. The average Bonchev–Trinajstić information content (AvgIpc) is 3.43. The Morgan fingerprint density at radius 2 is 1.77 bits per heavy atom. The van der Waals surface area contributed by atoms with E-state index in [1.807, 2.05) is 18.2 Å². The quantitative estimate of drug-likeness (QED) is 0.607. The minimum atomic E-state index is -0.0975. The maximum atomic E-state index is 12.7. The van der Waals surface area contributed by atoms with Crippen LogP contribution >= 0.6 is 11.3 Å².